The van der Waals surface area contributed by atoms with Crippen molar-refractivity contribution in [2.75, 3.05) is 26.0 Å². The molecule has 42 heavy (non-hydrogen) atoms. The molecule has 3 saturated carbocycles. The van der Waals surface area contributed by atoms with Crippen molar-refractivity contribution < 1.29 is 36.3 Å². The van der Waals surface area contributed by atoms with Crippen LogP contribution in [0.5, 0.6) is 5.75 Å². The fourth-order valence-electron chi connectivity index (χ4n) is 6.11. The lowest BCUT2D eigenvalue weighted by atomic mass is 9.43. The Morgan fingerprint density at radius 2 is 1.79 bits per heavy atom. The molecule has 0 saturated heterocycles. The van der Waals surface area contributed by atoms with Crippen molar-refractivity contribution in [2.24, 2.45) is 11.3 Å². The molecule has 2 N–H and O–H groups in total. The molecule has 0 spiro atoms. The van der Waals surface area contributed by atoms with Crippen molar-refractivity contribution in [3.63, 3.8) is 0 Å². The van der Waals surface area contributed by atoms with Gasteiger partial charge in [0.2, 0.25) is 5.71 Å². The normalized spacial score (nSPS) is 19.1. The molecule has 4 aromatic rings. The highest BCUT2D eigenvalue weighted by molar-refractivity contribution is 6.12. The summed E-state index contributed by atoms with van der Waals surface area (Å²) in [6, 6.07) is 11.6. The standard InChI is InChI=1S/C31H27F4N3O4/c1-36-28(40)25-22-10-21(20-9-18(5-8-24(20)41-2)23(39)14-30-11-16(12-30)13-30)27(37-15-31(33,34)35)38-29(22)42-26(25)17-3-6-19(32)7-4-17/h3-10,16H,11-15H2,1-2H3,(H,36,40)(H,37,38). The van der Waals surface area contributed by atoms with E-state index in [2.05, 4.69) is 15.6 Å². The molecule has 0 atom stereocenters. The van der Waals surface area contributed by atoms with E-state index in [4.69, 9.17) is 9.15 Å². The highest BCUT2D eigenvalue weighted by Gasteiger charge is 2.56. The highest BCUT2D eigenvalue weighted by atomic mass is 19.4. The molecule has 0 unspecified atom stereocenters. The molecule has 1 amide bonds. The first kappa shape index (κ1) is 27.7. The van der Waals surface area contributed by atoms with Gasteiger partial charge in [0.15, 0.2) is 5.78 Å². The summed E-state index contributed by atoms with van der Waals surface area (Å²) in [7, 11) is 2.84. The van der Waals surface area contributed by atoms with Crippen molar-refractivity contribution in [2.45, 2.75) is 31.9 Å². The van der Waals surface area contributed by atoms with Crippen molar-refractivity contribution in [1.82, 2.24) is 10.3 Å². The molecular formula is C31H27F4N3O4. The number of aromatic nitrogens is 1. The maximum Gasteiger partial charge on any atom is 0.405 e. The lowest BCUT2D eigenvalue weighted by Crippen LogP contribution is -2.52. The molecule has 2 aromatic heterocycles. The van der Waals surface area contributed by atoms with E-state index in [-0.39, 0.29) is 45.0 Å². The fraction of sp³-hybridized carbons (Fsp3) is 0.323. The number of carbonyl (C=O) groups is 2. The van der Waals surface area contributed by atoms with Crippen molar-refractivity contribution in [1.29, 1.82) is 0 Å². The number of anilines is 1. The summed E-state index contributed by atoms with van der Waals surface area (Å²) < 4.78 is 65.0. The highest BCUT2D eigenvalue weighted by Crippen LogP contribution is 2.66. The zero-order chi connectivity index (χ0) is 29.8. The van der Waals surface area contributed by atoms with Crippen LogP contribution in [-0.2, 0) is 0 Å². The van der Waals surface area contributed by atoms with Gasteiger partial charge in [-0.25, -0.2) is 4.39 Å². The summed E-state index contributed by atoms with van der Waals surface area (Å²) in [4.78, 5) is 30.7. The predicted molar refractivity (Wildman–Crippen MR) is 148 cm³/mol. The Morgan fingerprint density at radius 3 is 2.38 bits per heavy atom. The van der Waals surface area contributed by atoms with E-state index in [9.17, 15) is 27.2 Å². The van der Waals surface area contributed by atoms with E-state index in [1.165, 1.54) is 44.5 Å². The summed E-state index contributed by atoms with van der Waals surface area (Å²) in [5.74, 6) is -0.165. The van der Waals surface area contributed by atoms with Gasteiger partial charge in [0.1, 0.15) is 29.7 Å². The number of furan rings is 1. The van der Waals surface area contributed by atoms with Gasteiger partial charge in [0.05, 0.1) is 18.1 Å². The van der Waals surface area contributed by atoms with E-state index in [1.54, 1.807) is 18.2 Å². The summed E-state index contributed by atoms with van der Waals surface area (Å²) in [5.41, 5.74) is 1.33. The van der Waals surface area contributed by atoms with Gasteiger partial charge in [-0.2, -0.15) is 18.2 Å². The van der Waals surface area contributed by atoms with Crippen LogP contribution in [0.15, 0.2) is 52.9 Å². The molecule has 2 heterocycles. The van der Waals surface area contributed by atoms with Gasteiger partial charge in [-0.15, -0.1) is 0 Å². The van der Waals surface area contributed by atoms with Crippen LogP contribution < -0.4 is 15.4 Å². The molecule has 3 aliphatic carbocycles. The minimum atomic E-state index is -4.56. The largest absolute Gasteiger partial charge is 0.496 e. The molecule has 7 nitrogen and oxygen atoms in total. The number of pyridine rings is 1. The number of alkyl halides is 3. The Balaban J connectivity index is 1.52. The van der Waals surface area contributed by atoms with E-state index < -0.39 is 24.4 Å². The number of hydrogen-bond acceptors (Lipinski definition) is 6. The number of methoxy groups -OCH3 is 1. The Kier molecular flexibility index (Phi) is 6.70. The zero-order valence-corrected chi connectivity index (χ0v) is 22.8. The lowest BCUT2D eigenvalue weighted by Gasteiger charge is -2.62. The third-order valence-electron chi connectivity index (χ3n) is 8.21. The van der Waals surface area contributed by atoms with Crippen LogP contribution in [0, 0.1) is 17.2 Å². The Labute approximate surface area is 238 Å². The van der Waals surface area contributed by atoms with Crippen LogP contribution in [-0.4, -0.2) is 43.6 Å². The Morgan fingerprint density at radius 1 is 1.07 bits per heavy atom. The monoisotopic (exact) mass is 581 g/mol. The lowest BCUT2D eigenvalue weighted by molar-refractivity contribution is -0.115. The molecule has 11 heteroatoms. The molecule has 2 bridgehead atoms. The van der Waals surface area contributed by atoms with Gasteiger partial charge < -0.3 is 19.8 Å². The topological polar surface area (TPSA) is 93.5 Å². The predicted octanol–water partition coefficient (Wildman–Crippen LogP) is 7.02. The number of ketones is 1. The summed E-state index contributed by atoms with van der Waals surface area (Å²) in [6.45, 7) is -1.39. The zero-order valence-electron chi connectivity index (χ0n) is 22.8. The molecule has 7 rings (SSSR count). The number of halogens is 4. The summed E-state index contributed by atoms with van der Waals surface area (Å²) in [6.07, 6.45) is -1.00. The van der Waals surface area contributed by atoms with Crippen LogP contribution in [0.3, 0.4) is 0 Å². The van der Waals surface area contributed by atoms with Gasteiger partial charge >= 0.3 is 6.18 Å². The number of Topliss-reactive ketones (excluding diaryl/α,β-unsaturated/α-hetero) is 1. The molecule has 218 valence electrons. The number of nitrogens with one attached hydrogen (secondary N) is 2. The fourth-order valence-corrected chi connectivity index (χ4v) is 6.11. The van der Waals surface area contributed by atoms with E-state index in [0.717, 1.165) is 19.3 Å². The minimum Gasteiger partial charge on any atom is -0.496 e. The minimum absolute atomic E-state index is 0.0520. The summed E-state index contributed by atoms with van der Waals surface area (Å²) >= 11 is 0. The average Bonchev–Trinajstić information content (AvgIpc) is 3.30. The number of rotatable bonds is 9. The average molecular weight is 582 g/mol. The summed E-state index contributed by atoms with van der Waals surface area (Å²) in [5, 5.41) is 5.10. The van der Waals surface area contributed by atoms with E-state index in [0.29, 0.717) is 34.8 Å². The van der Waals surface area contributed by atoms with Gasteiger partial charge in [-0.1, -0.05) is 0 Å². The number of nitrogens with zero attached hydrogens (tertiary/aromatic N) is 1. The molecule has 3 fully saturated rings. The molecule has 0 radical (unpaired) electrons. The second-order valence-electron chi connectivity index (χ2n) is 11.1. The quantitative estimate of drug-likeness (QED) is 0.163. The first-order valence-electron chi connectivity index (χ1n) is 13.5. The third kappa shape index (κ3) is 4.97. The van der Waals surface area contributed by atoms with Crippen molar-refractivity contribution in [3.8, 4) is 28.2 Å². The second kappa shape index (κ2) is 10.1. The van der Waals surface area contributed by atoms with Gasteiger partial charge in [0.25, 0.3) is 5.91 Å². The van der Waals surface area contributed by atoms with Crippen molar-refractivity contribution in [3.05, 3.63) is 65.5 Å². The number of carbonyl (C=O) groups excluding carboxylic acids is 2. The SMILES string of the molecule is CNC(=O)c1c(-c2ccc(F)cc2)oc2nc(NCC(F)(F)F)c(-c3cc(C(=O)CC45CC(C4)C5)ccc3OC)cc12. The Bertz CT molecular complexity index is 1700. The van der Waals surface area contributed by atoms with Crippen molar-refractivity contribution >= 4 is 28.6 Å². The molecule has 3 aliphatic rings. The molecule has 2 aromatic carbocycles. The second-order valence-corrected chi connectivity index (χ2v) is 11.1. The first-order chi connectivity index (χ1) is 20.0. The number of hydrogen-bond donors (Lipinski definition) is 2. The molecular weight excluding hydrogens is 554 g/mol. The maximum absolute atomic E-state index is 13.6. The number of ether oxygens (including phenoxy) is 1. The number of benzene rings is 2. The van der Waals surface area contributed by atoms with Crippen LogP contribution in [0.4, 0.5) is 23.4 Å². The van der Waals surface area contributed by atoms with E-state index >= 15 is 0 Å². The maximum atomic E-state index is 13.6. The van der Waals surface area contributed by atoms with Gasteiger partial charge in [0, 0.05) is 35.7 Å². The number of fused-ring (bicyclic) bond motifs is 1. The molecule has 0 aliphatic heterocycles. The van der Waals surface area contributed by atoms with Crippen LogP contribution in [0.2, 0.25) is 0 Å². The first-order valence-corrected chi connectivity index (χ1v) is 13.5. The van der Waals surface area contributed by atoms with Crippen LogP contribution in [0.1, 0.15) is 46.4 Å². The van der Waals surface area contributed by atoms with Gasteiger partial charge in [-0.3, -0.25) is 9.59 Å². The number of amides is 1. The van der Waals surface area contributed by atoms with E-state index in [1.807, 2.05) is 0 Å². The van der Waals surface area contributed by atoms with Crippen LogP contribution in [0.25, 0.3) is 33.6 Å². The Hall–Kier alpha value is -4.41. The van der Waals surface area contributed by atoms with Crippen LogP contribution >= 0.6 is 0 Å². The third-order valence-corrected chi connectivity index (χ3v) is 8.21. The smallest absolute Gasteiger partial charge is 0.405 e. The van der Waals surface area contributed by atoms with Gasteiger partial charge in [-0.05, 0) is 79.1 Å².